The predicted molar refractivity (Wildman–Crippen MR) is 61.1 cm³/mol. The first-order valence-electron chi connectivity index (χ1n) is 5.08. The number of para-hydroxylation sites is 2. The molecule has 0 atom stereocenters. The van der Waals surface area contributed by atoms with E-state index in [2.05, 4.69) is 4.98 Å². The van der Waals surface area contributed by atoms with Gasteiger partial charge in [0.2, 0.25) is 0 Å². The molecule has 1 aromatic heterocycles. The number of ether oxygens (including phenoxy) is 1. The van der Waals surface area contributed by atoms with Crippen LogP contribution in [0.1, 0.15) is 20.8 Å². The lowest BCUT2D eigenvalue weighted by atomic mass is 10.2. The molecule has 0 N–H and O–H groups in total. The van der Waals surface area contributed by atoms with Gasteiger partial charge >= 0.3 is 0 Å². The van der Waals surface area contributed by atoms with Crippen molar-refractivity contribution in [1.29, 1.82) is 0 Å². The summed E-state index contributed by atoms with van der Waals surface area (Å²) in [5, 5.41) is 0. The van der Waals surface area contributed by atoms with Gasteiger partial charge in [0, 0.05) is 7.05 Å². The second-order valence-corrected chi connectivity index (χ2v) is 4.66. The quantitative estimate of drug-likeness (QED) is 0.714. The van der Waals surface area contributed by atoms with E-state index in [9.17, 15) is 0 Å². The summed E-state index contributed by atoms with van der Waals surface area (Å²) in [5.41, 5.74) is 1.85. The van der Waals surface area contributed by atoms with Crippen LogP contribution < -0.4 is 4.74 Å². The summed E-state index contributed by atoms with van der Waals surface area (Å²) >= 11 is 0. The van der Waals surface area contributed by atoms with E-state index in [1.54, 1.807) is 0 Å². The third kappa shape index (κ3) is 1.96. The van der Waals surface area contributed by atoms with Gasteiger partial charge in [0.25, 0.3) is 6.01 Å². The molecule has 3 heteroatoms. The van der Waals surface area contributed by atoms with Crippen molar-refractivity contribution in [2.24, 2.45) is 7.05 Å². The summed E-state index contributed by atoms with van der Waals surface area (Å²) in [5.74, 6) is 0. The average Bonchev–Trinajstić information content (AvgIpc) is 2.42. The summed E-state index contributed by atoms with van der Waals surface area (Å²) in [6.45, 7) is 6.06. The normalized spacial score (nSPS) is 12.0. The summed E-state index contributed by atoms with van der Waals surface area (Å²) in [7, 11) is 1.97. The van der Waals surface area contributed by atoms with Crippen LogP contribution in [0.25, 0.3) is 11.0 Å². The maximum Gasteiger partial charge on any atom is 0.297 e. The molecule has 0 spiro atoms. The number of aryl methyl sites for hydroxylation is 1. The number of benzene rings is 1. The third-order valence-corrected chi connectivity index (χ3v) is 2.14. The number of hydrogen-bond acceptors (Lipinski definition) is 2. The van der Waals surface area contributed by atoms with Gasteiger partial charge in [-0.2, -0.15) is 4.98 Å². The van der Waals surface area contributed by atoms with Crippen molar-refractivity contribution >= 4 is 11.0 Å². The minimum Gasteiger partial charge on any atom is -0.459 e. The highest BCUT2D eigenvalue weighted by molar-refractivity contribution is 5.76. The smallest absolute Gasteiger partial charge is 0.297 e. The minimum atomic E-state index is -0.213. The van der Waals surface area contributed by atoms with E-state index in [0.29, 0.717) is 6.01 Å². The van der Waals surface area contributed by atoms with Crippen molar-refractivity contribution in [2.75, 3.05) is 0 Å². The molecule has 80 valence electrons. The Morgan fingerprint density at radius 1 is 1.20 bits per heavy atom. The van der Waals surface area contributed by atoms with E-state index >= 15 is 0 Å². The highest BCUT2D eigenvalue weighted by atomic mass is 16.5. The topological polar surface area (TPSA) is 27.1 Å². The molecular weight excluding hydrogens is 188 g/mol. The van der Waals surface area contributed by atoms with Gasteiger partial charge in [-0.15, -0.1) is 0 Å². The van der Waals surface area contributed by atoms with Crippen molar-refractivity contribution < 1.29 is 4.74 Å². The lowest BCUT2D eigenvalue weighted by molar-refractivity contribution is 0.113. The molecule has 2 aromatic rings. The van der Waals surface area contributed by atoms with Crippen molar-refractivity contribution in [3.8, 4) is 6.01 Å². The summed E-state index contributed by atoms with van der Waals surface area (Å²) in [6.07, 6.45) is 0. The molecule has 1 heterocycles. The van der Waals surface area contributed by atoms with Crippen LogP contribution >= 0.6 is 0 Å². The molecule has 0 saturated heterocycles. The number of rotatable bonds is 1. The Hall–Kier alpha value is -1.51. The van der Waals surface area contributed by atoms with Gasteiger partial charge in [-0.3, -0.25) is 4.57 Å². The highest BCUT2D eigenvalue weighted by Crippen LogP contribution is 2.22. The van der Waals surface area contributed by atoms with E-state index in [-0.39, 0.29) is 5.60 Å². The summed E-state index contributed by atoms with van der Waals surface area (Å²) < 4.78 is 7.74. The Balaban J connectivity index is 2.49. The lowest BCUT2D eigenvalue weighted by Gasteiger charge is -2.19. The molecule has 0 bridgehead atoms. The van der Waals surface area contributed by atoms with E-state index in [1.807, 2.05) is 56.7 Å². The molecule has 2 rings (SSSR count). The molecule has 0 fully saturated rings. The molecule has 0 aliphatic carbocycles. The monoisotopic (exact) mass is 204 g/mol. The Kier molecular flexibility index (Phi) is 2.18. The second-order valence-electron chi connectivity index (χ2n) is 4.66. The number of hydrogen-bond donors (Lipinski definition) is 0. The van der Waals surface area contributed by atoms with Gasteiger partial charge in [-0.1, -0.05) is 12.1 Å². The molecule has 0 aliphatic rings. The van der Waals surface area contributed by atoms with Crippen LogP contribution in [0.2, 0.25) is 0 Å². The maximum atomic E-state index is 5.77. The van der Waals surface area contributed by atoms with Crippen LogP contribution in [0.4, 0.5) is 0 Å². The summed E-state index contributed by atoms with van der Waals surface area (Å²) in [6, 6.07) is 8.69. The Bertz CT molecular complexity index is 480. The van der Waals surface area contributed by atoms with Crippen molar-refractivity contribution in [3.63, 3.8) is 0 Å². The van der Waals surface area contributed by atoms with Crippen LogP contribution in [-0.2, 0) is 7.05 Å². The first kappa shape index (κ1) is 10.0. The Labute approximate surface area is 89.7 Å². The number of aromatic nitrogens is 2. The fourth-order valence-electron chi connectivity index (χ4n) is 1.49. The Morgan fingerprint density at radius 3 is 2.47 bits per heavy atom. The van der Waals surface area contributed by atoms with Crippen LogP contribution in [-0.4, -0.2) is 15.2 Å². The van der Waals surface area contributed by atoms with E-state index in [4.69, 9.17) is 4.74 Å². The fraction of sp³-hybridized carbons (Fsp3) is 0.417. The zero-order chi connectivity index (χ0) is 11.1. The van der Waals surface area contributed by atoms with E-state index < -0.39 is 0 Å². The van der Waals surface area contributed by atoms with Gasteiger partial charge in [-0.25, -0.2) is 0 Å². The highest BCUT2D eigenvalue weighted by Gasteiger charge is 2.16. The van der Waals surface area contributed by atoms with Crippen molar-refractivity contribution in [1.82, 2.24) is 9.55 Å². The third-order valence-electron chi connectivity index (χ3n) is 2.14. The van der Waals surface area contributed by atoms with Gasteiger partial charge in [0.15, 0.2) is 0 Å². The standard InChI is InChI=1S/C12H16N2O/c1-12(2,3)15-11-13-9-7-5-6-8-10(9)14(11)4/h5-8H,1-4H3. The van der Waals surface area contributed by atoms with Crippen molar-refractivity contribution in [3.05, 3.63) is 24.3 Å². The molecule has 15 heavy (non-hydrogen) atoms. The predicted octanol–water partition coefficient (Wildman–Crippen LogP) is 2.75. The number of imidazole rings is 1. The van der Waals surface area contributed by atoms with Crippen LogP contribution in [0.5, 0.6) is 6.01 Å². The van der Waals surface area contributed by atoms with Crippen molar-refractivity contribution in [2.45, 2.75) is 26.4 Å². The van der Waals surface area contributed by atoms with Crippen LogP contribution in [0.3, 0.4) is 0 Å². The summed E-state index contributed by atoms with van der Waals surface area (Å²) in [4.78, 5) is 4.44. The van der Waals surface area contributed by atoms with Gasteiger partial charge < -0.3 is 4.74 Å². The Morgan fingerprint density at radius 2 is 1.87 bits per heavy atom. The molecule has 0 saturated carbocycles. The van der Waals surface area contributed by atoms with Gasteiger partial charge in [0.1, 0.15) is 5.60 Å². The molecule has 0 aliphatic heterocycles. The minimum absolute atomic E-state index is 0.213. The zero-order valence-corrected chi connectivity index (χ0v) is 9.61. The molecule has 3 nitrogen and oxygen atoms in total. The lowest BCUT2D eigenvalue weighted by Crippen LogP contribution is -2.24. The molecule has 0 unspecified atom stereocenters. The van der Waals surface area contributed by atoms with E-state index in [0.717, 1.165) is 11.0 Å². The van der Waals surface area contributed by atoms with Crippen LogP contribution in [0, 0.1) is 0 Å². The van der Waals surface area contributed by atoms with E-state index in [1.165, 1.54) is 0 Å². The molecule has 0 radical (unpaired) electrons. The molecular formula is C12H16N2O. The number of nitrogens with zero attached hydrogens (tertiary/aromatic N) is 2. The first-order chi connectivity index (χ1) is 6.97. The maximum absolute atomic E-state index is 5.77. The first-order valence-corrected chi connectivity index (χ1v) is 5.08. The second kappa shape index (κ2) is 3.26. The molecule has 1 aromatic carbocycles. The molecule has 0 amide bonds. The average molecular weight is 204 g/mol. The fourth-order valence-corrected chi connectivity index (χ4v) is 1.49. The van der Waals surface area contributed by atoms with Gasteiger partial charge in [0.05, 0.1) is 11.0 Å². The van der Waals surface area contributed by atoms with Crippen LogP contribution in [0.15, 0.2) is 24.3 Å². The SMILES string of the molecule is Cn1c(OC(C)(C)C)nc2ccccc21. The zero-order valence-electron chi connectivity index (χ0n) is 9.61. The van der Waals surface area contributed by atoms with Gasteiger partial charge in [-0.05, 0) is 32.9 Å². The number of fused-ring (bicyclic) bond motifs is 1. The largest absolute Gasteiger partial charge is 0.459 e.